The van der Waals surface area contributed by atoms with Gasteiger partial charge in [0.1, 0.15) is 23.4 Å². The SMILES string of the molecule is N#Cc1cc(-c2cc(-c3ccccc3)cnc2C#N)ccc1-n1c2ccccc2c2ccc3c4ccccc4oc3c21. The van der Waals surface area contributed by atoms with Gasteiger partial charge in [0.2, 0.25) is 0 Å². The van der Waals surface area contributed by atoms with Crippen molar-refractivity contribution in [1.29, 1.82) is 10.5 Å². The van der Waals surface area contributed by atoms with E-state index in [1.165, 1.54) is 0 Å². The molecule has 0 bridgehead atoms. The van der Waals surface area contributed by atoms with E-state index >= 15 is 0 Å². The Morgan fingerprint density at radius 1 is 0.619 bits per heavy atom. The molecule has 0 aliphatic rings. The summed E-state index contributed by atoms with van der Waals surface area (Å²) in [5.41, 5.74) is 8.39. The summed E-state index contributed by atoms with van der Waals surface area (Å²) in [7, 11) is 0. The van der Waals surface area contributed by atoms with Crippen molar-refractivity contribution in [2.75, 3.05) is 0 Å². The molecule has 8 aromatic rings. The van der Waals surface area contributed by atoms with Crippen molar-refractivity contribution in [3.05, 3.63) is 133 Å². The zero-order chi connectivity index (χ0) is 28.2. The van der Waals surface area contributed by atoms with Gasteiger partial charge in [0, 0.05) is 38.9 Å². The van der Waals surface area contributed by atoms with E-state index in [4.69, 9.17) is 4.42 Å². The van der Waals surface area contributed by atoms with Crippen LogP contribution in [-0.4, -0.2) is 9.55 Å². The molecule has 0 unspecified atom stereocenters. The Morgan fingerprint density at radius 2 is 1.38 bits per heavy atom. The second-order valence-electron chi connectivity index (χ2n) is 10.2. The fourth-order valence-corrected chi connectivity index (χ4v) is 6.03. The summed E-state index contributed by atoms with van der Waals surface area (Å²) in [6, 6.07) is 42.8. The van der Waals surface area contributed by atoms with Crippen molar-refractivity contribution < 1.29 is 4.42 Å². The quantitative estimate of drug-likeness (QED) is 0.225. The number of rotatable bonds is 3. The first-order valence-corrected chi connectivity index (χ1v) is 13.6. The molecule has 194 valence electrons. The van der Waals surface area contributed by atoms with Crippen LogP contribution >= 0.6 is 0 Å². The molecule has 0 fully saturated rings. The minimum atomic E-state index is 0.312. The van der Waals surface area contributed by atoms with Gasteiger partial charge in [0.05, 0.1) is 22.3 Å². The summed E-state index contributed by atoms with van der Waals surface area (Å²) in [4.78, 5) is 4.45. The number of benzene rings is 5. The van der Waals surface area contributed by atoms with Gasteiger partial charge in [-0.15, -0.1) is 0 Å². The Kier molecular flexibility index (Phi) is 5.19. The number of furan rings is 1. The molecule has 0 radical (unpaired) electrons. The molecule has 0 N–H and O–H groups in total. The van der Waals surface area contributed by atoms with E-state index in [-0.39, 0.29) is 0 Å². The van der Waals surface area contributed by atoms with Crippen LogP contribution < -0.4 is 0 Å². The van der Waals surface area contributed by atoms with E-state index in [1.54, 1.807) is 6.20 Å². The van der Waals surface area contributed by atoms with E-state index in [9.17, 15) is 10.5 Å². The molecule has 0 saturated carbocycles. The Bertz CT molecular complexity index is 2440. The van der Waals surface area contributed by atoms with Gasteiger partial charge in [-0.2, -0.15) is 10.5 Å². The van der Waals surface area contributed by atoms with E-state index in [1.807, 2.05) is 84.9 Å². The lowest BCUT2D eigenvalue weighted by Gasteiger charge is -2.13. The Morgan fingerprint density at radius 3 is 2.21 bits per heavy atom. The highest BCUT2D eigenvalue weighted by atomic mass is 16.3. The average molecular weight is 537 g/mol. The third-order valence-electron chi connectivity index (χ3n) is 7.95. The largest absolute Gasteiger partial charge is 0.454 e. The molecule has 5 nitrogen and oxygen atoms in total. The first-order chi connectivity index (χ1) is 20.7. The van der Waals surface area contributed by atoms with Crippen molar-refractivity contribution in [3.63, 3.8) is 0 Å². The van der Waals surface area contributed by atoms with Gasteiger partial charge in [-0.05, 0) is 47.5 Å². The van der Waals surface area contributed by atoms with Crippen LogP contribution in [0.2, 0.25) is 0 Å². The molecule has 0 saturated heterocycles. The van der Waals surface area contributed by atoms with Crippen LogP contribution in [-0.2, 0) is 0 Å². The number of fused-ring (bicyclic) bond motifs is 7. The van der Waals surface area contributed by atoms with Crippen molar-refractivity contribution in [3.8, 4) is 40.1 Å². The van der Waals surface area contributed by atoms with Gasteiger partial charge >= 0.3 is 0 Å². The Labute approximate surface area is 240 Å². The minimum Gasteiger partial charge on any atom is -0.454 e. The smallest absolute Gasteiger partial charge is 0.160 e. The highest BCUT2D eigenvalue weighted by molar-refractivity contribution is 6.21. The molecule has 0 spiro atoms. The molecule has 0 aliphatic heterocycles. The summed E-state index contributed by atoms with van der Waals surface area (Å²) in [5, 5.41) is 24.5. The Balaban J connectivity index is 1.40. The molecular formula is C37H20N4O. The average Bonchev–Trinajstić information content (AvgIpc) is 3.60. The number of hydrogen-bond donors (Lipinski definition) is 0. The predicted octanol–water partition coefficient (Wildman–Crippen LogP) is 9.16. The second-order valence-corrected chi connectivity index (χ2v) is 10.2. The number of para-hydroxylation sites is 2. The van der Waals surface area contributed by atoms with Crippen LogP contribution in [0.5, 0.6) is 0 Å². The van der Waals surface area contributed by atoms with Gasteiger partial charge in [0.25, 0.3) is 0 Å². The third-order valence-corrected chi connectivity index (χ3v) is 7.95. The number of hydrogen-bond acceptors (Lipinski definition) is 4. The highest BCUT2D eigenvalue weighted by Gasteiger charge is 2.21. The maximum atomic E-state index is 10.5. The molecule has 5 heteroatoms. The lowest BCUT2D eigenvalue weighted by molar-refractivity contribution is 0.671. The van der Waals surface area contributed by atoms with Crippen molar-refractivity contribution >= 4 is 43.7 Å². The van der Waals surface area contributed by atoms with Gasteiger partial charge in [0.15, 0.2) is 5.58 Å². The van der Waals surface area contributed by atoms with Crippen LogP contribution in [0, 0.1) is 22.7 Å². The van der Waals surface area contributed by atoms with Crippen molar-refractivity contribution in [2.45, 2.75) is 0 Å². The lowest BCUT2D eigenvalue weighted by atomic mass is 9.97. The topological polar surface area (TPSA) is 78.5 Å². The predicted molar refractivity (Wildman–Crippen MR) is 166 cm³/mol. The molecule has 0 aliphatic carbocycles. The van der Waals surface area contributed by atoms with E-state index in [2.05, 4.69) is 52.0 Å². The van der Waals surface area contributed by atoms with Crippen LogP contribution in [0.3, 0.4) is 0 Å². The van der Waals surface area contributed by atoms with Crippen LogP contribution in [0.15, 0.2) is 126 Å². The fraction of sp³-hybridized carbons (Fsp3) is 0. The first kappa shape index (κ1) is 23.7. The van der Waals surface area contributed by atoms with Gasteiger partial charge in [-0.1, -0.05) is 78.9 Å². The van der Waals surface area contributed by atoms with Crippen molar-refractivity contribution in [2.24, 2.45) is 0 Å². The summed E-state index contributed by atoms with van der Waals surface area (Å²) in [6.07, 6.45) is 1.72. The molecule has 3 heterocycles. The second kappa shape index (κ2) is 9.20. The summed E-state index contributed by atoms with van der Waals surface area (Å²) in [6.45, 7) is 0. The van der Waals surface area contributed by atoms with E-state index < -0.39 is 0 Å². The normalized spacial score (nSPS) is 11.3. The van der Waals surface area contributed by atoms with Crippen LogP contribution in [0.1, 0.15) is 11.3 Å². The maximum Gasteiger partial charge on any atom is 0.160 e. The van der Waals surface area contributed by atoms with Gasteiger partial charge in [-0.3, -0.25) is 0 Å². The number of pyridine rings is 1. The zero-order valence-corrected chi connectivity index (χ0v) is 22.2. The first-order valence-electron chi connectivity index (χ1n) is 13.6. The number of aromatic nitrogens is 2. The number of nitriles is 2. The highest BCUT2D eigenvalue weighted by Crippen LogP contribution is 2.41. The molecule has 0 amide bonds. The van der Waals surface area contributed by atoms with E-state index in [0.29, 0.717) is 16.8 Å². The van der Waals surface area contributed by atoms with E-state index in [0.717, 1.165) is 66.1 Å². The zero-order valence-electron chi connectivity index (χ0n) is 22.2. The Hall–Kier alpha value is -6.17. The monoisotopic (exact) mass is 536 g/mol. The summed E-state index contributed by atoms with van der Waals surface area (Å²) in [5.74, 6) is 0. The minimum absolute atomic E-state index is 0.312. The molecule has 3 aromatic heterocycles. The van der Waals surface area contributed by atoms with Crippen molar-refractivity contribution in [1.82, 2.24) is 9.55 Å². The number of nitrogens with zero attached hydrogens (tertiary/aromatic N) is 4. The molecule has 8 rings (SSSR count). The van der Waals surface area contributed by atoms with Gasteiger partial charge < -0.3 is 8.98 Å². The molecule has 42 heavy (non-hydrogen) atoms. The molecular weight excluding hydrogens is 516 g/mol. The summed E-state index contributed by atoms with van der Waals surface area (Å²) >= 11 is 0. The maximum absolute atomic E-state index is 10.5. The van der Waals surface area contributed by atoms with Gasteiger partial charge in [-0.25, -0.2) is 4.98 Å². The molecule has 5 aromatic carbocycles. The summed E-state index contributed by atoms with van der Waals surface area (Å²) < 4.78 is 8.59. The fourth-order valence-electron chi connectivity index (χ4n) is 6.03. The van der Waals surface area contributed by atoms with Crippen LogP contribution in [0.25, 0.3) is 71.7 Å². The standard InChI is InChI=1S/C37H20N4O/c38-20-25-18-24(31-19-26(22-40-32(31)21-39)23-8-2-1-3-9-23)14-17-33(25)41-34-12-6-4-10-27(34)29-15-16-30-28-11-5-7-13-35(28)42-37(30)36(29)41/h1-19,22H. The third kappa shape index (κ3) is 3.45. The lowest BCUT2D eigenvalue weighted by Crippen LogP contribution is -1.99. The van der Waals surface area contributed by atoms with Crippen LogP contribution in [0.4, 0.5) is 0 Å². The molecule has 0 atom stereocenters.